The highest BCUT2D eigenvalue weighted by molar-refractivity contribution is 5.92. The van der Waals surface area contributed by atoms with Gasteiger partial charge in [-0.1, -0.05) is 18.2 Å². The van der Waals surface area contributed by atoms with Crippen LogP contribution < -0.4 is 11.1 Å². The van der Waals surface area contributed by atoms with Crippen LogP contribution in [0, 0.1) is 0 Å². The summed E-state index contributed by atoms with van der Waals surface area (Å²) in [4.78, 5) is 3.93. The van der Waals surface area contributed by atoms with E-state index in [0.717, 1.165) is 5.69 Å². The minimum Gasteiger partial charge on any atom is -0.374 e. The van der Waals surface area contributed by atoms with E-state index in [9.17, 15) is 8.78 Å². The van der Waals surface area contributed by atoms with Crippen LogP contribution in [-0.2, 0) is 4.74 Å². The van der Waals surface area contributed by atoms with Crippen LogP contribution in [0.4, 0.5) is 14.5 Å². The van der Waals surface area contributed by atoms with E-state index < -0.39 is 13.0 Å². The molecule has 0 heterocycles. The average Bonchev–Trinajstić information content (AvgIpc) is 2.29. The maximum atomic E-state index is 11.7. The van der Waals surface area contributed by atoms with Gasteiger partial charge in [0.1, 0.15) is 6.61 Å². The number of hydrogen-bond donors (Lipinski definition) is 2. The van der Waals surface area contributed by atoms with Crippen molar-refractivity contribution < 1.29 is 13.5 Å². The summed E-state index contributed by atoms with van der Waals surface area (Å²) in [5.41, 5.74) is 6.40. The predicted molar refractivity (Wildman–Crippen MR) is 63.4 cm³/mol. The third-order valence-corrected chi connectivity index (χ3v) is 1.81. The molecule has 17 heavy (non-hydrogen) atoms. The second kappa shape index (κ2) is 7.56. The number of para-hydroxylation sites is 1. The average molecular weight is 243 g/mol. The van der Waals surface area contributed by atoms with Gasteiger partial charge in [0.2, 0.25) is 0 Å². The summed E-state index contributed by atoms with van der Waals surface area (Å²) in [7, 11) is 0. The van der Waals surface area contributed by atoms with Crippen molar-refractivity contribution in [2.75, 3.05) is 25.1 Å². The molecular formula is C11H15F2N3O. The first-order valence-electron chi connectivity index (χ1n) is 5.16. The number of nitrogens with zero attached hydrogens (tertiary/aromatic N) is 1. The lowest BCUT2D eigenvalue weighted by Gasteiger charge is -2.05. The summed E-state index contributed by atoms with van der Waals surface area (Å²) < 4.78 is 28.1. The molecule has 94 valence electrons. The number of alkyl halides is 2. The molecular weight excluding hydrogens is 228 g/mol. The number of halogens is 2. The third-order valence-electron chi connectivity index (χ3n) is 1.81. The molecule has 0 bridgehead atoms. The zero-order chi connectivity index (χ0) is 12.5. The quantitative estimate of drug-likeness (QED) is 0.454. The molecule has 1 aromatic rings. The van der Waals surface area contributed by atoms with Crippen molar-refractivity contribution in [3.63, 3.8) is 0 Å². The maximum Gasteiger partial charge on any atom is 0.261 e. The van der Waals surface area contributed by atoms with E-state index in [1.54, 1.807) is 0 Å². The molecule has 0 radical (unpaired) electrons. The summed E-state index contributed by atoms with van der Waals surface area (Å²) in [5, 5.41) is 2.87. The van der Waals surface area contributed by atoms with Gasteiger partial charge in [-0.15, -0.1) is 0 Å². The monoisotopic (exact) mass is 243 g/mol. The topological polar surface area (TPSA) is 59.6 Å². The van der Waals surface area contributed by atoms with Gasteiger partial charge in [0.05, 0.1) is 13.2 Å². The molecule has 0 unspecified atom stereocenters. The molecule has 0 saturated carbocycles. The van der Waals surface area contributed by atoms with E-state index in [1.165, 1.54) is 0 Å². The molecule has 0 aliphatic carbocycles. The molecule has 1 rings (SSSR count). The summed E-state index contributed by atoms with van der Waals surface area (Å²) in [6.07, 6.45) is -2.45. The SMILES string of the molecule is NC(=NCCOCC(F)F)Nc1ccccc1. The Kier molecular flexibility index (Phi) is 5.95. The molecule has 3 N–H and O–H groups in total. The van der Waals surface area contributed by atoms with Gasteiger partial charge in [-0.05, 0) is 12.1 Å². The lowest BCUT2D eigenvalue weighted by Crippen LogP contribution is -2.23. The van der Waals surface area contributed by atoms with Crippen molar-refractivity contribution in [1.82, 2.24) is 0 Å². The van der Waals surface area contributed by atoms with Crippen LogP contribution in [0.3, 0.4) is 0 Å². The number of nitrogens with two attached hydrogens (primary N) is 1. The van der Waals surface area contributed by atoms with Crippen molar-refractivity contribution in [3.05, 3.63) is 30.3 Å². The number of guanidine groups is 1. The second-order valence-corrected chi connectivity index (χ2v) is 3.22. The van der Waals surface area contributed by atoms with E-state index in [2.05, 4.69) is 15.0 Å². The number of nitrogens with one attached hydrogen (secondary N) is 1. The highest BCUT2D eigenvalue weighted by Crippen LogP contribution is 2.03. The van der Waals surface area contributed by atoms with Gasteiger partial charge in [-0.2, -0.15) is 0 Å². The molecule has 0 fully saturated rings. The van der Waals surface area contributed by atoms with Crippen LogP contribution in [0.2, 0.25) is 0 Å². The van der Waals surface area contributed by atoms with Crippen molar-refractivity contribution in [1.29, 1.82) is 0 Å². The summed E-state index contributed by atoms with van der Waals surface area (Å²) in [6, 6.07) is 9.30. The minimum absolute atomic E-state index is 0.126. The van der Waals surface area contributed by atoms with Crippen molar-refractivity contribution in [2.24, 2.45) is 10.7 Å². The third kappa shape index (κ3) is 6.47. The van der Waals surface area contributed by atoms with Gasteiger partial charge in [0.15, 0.2) is 5.96 Å². The first kappa shape index (κ1) is 13.4. The normalized spacial score (nSPS) is 11.8. The van der Waals surface area contributed by atoms with Crippen LogP contribution in [0.25, 0.3) is 0 Å². The van der Waals surface area contributed by atoms with E-state index in [0.29, 0.717) is 0 Å². The molecule has 0 amide bonds. The molecule has 0 aromatic heterocycles. The summed E-state index contributed by atoms with van der Waals surface area (Å²) >= 11 is 0. The molecule has 6 heteroatoms. The van der Waals surface area contributed by atoms with E-state index in [4.69, 9.17) is 5.73 Å². The van der Waals surface area contributed by atoms with Crippen LogP contribution in [0.5, 0.6) is 0 Å². The van der Waals surface area contributed by atoms with Crippen LogP contribution in [0.15, 0.2) is 35.3 Å². The largest absolute Gasteiger partial charge is 0.374 e. The number of anilines is 1. The van der Waals surface area contributed by atoms with E-state index in [-0.39, 0.29) is 19.1 Å². The Bertz CT molecular complexity index is 344. The lowest BCUT2D eigenvalue weighted by molar-refractivity contribution is 0.0207. The Morgan fingerprint density at radius 3 is 2.71 bits per heavy atom. The maximum absolute atomic E-state index is 11.7. The van der Waals surface area contributed by atoms with E-state index in [1.807, 2.05) is 30.3 Å². The fraction of sp³-hybridized carbons (Fsp3) is 0.364. The van der Waals surface area contributed by atoms with Crippen molar-refractivity contribution >= 4 is 11.6 Å². The smallest absolute Gasteiger partial charge is 0.261 e. The highest BCUT2D eigenvalue weighted by atomic mass is 19.3. The fourth-order valence-corrected chi connectivity index (χ4v) is 1.11. The molecule has 1 aromatic carbocycles. The zero-order valence-electron chi connectivity index (χ0n) is 9.27. The molecule has 0 aliphatic heterocycles. The fourth-order valence-electron chi connectivity index (χ4n) is 1.11. The second-order valence-electron chi connectivity index (χ2n) is 3.22. The van der Waals surface area contributed by atoms with Crippen molar-refractivity contribution in [3.8, 4) is 0 Å². The summed E-state index contributed by atoms with van der Waals surface area (Å²) in [5.74, 6) is 0.233. The van der Waals surface area contributed by atoms with Crippen molar-refractivity contribution in [2.45, 2.75) is 6.43 Å². The number of benzene rings is 1. The number of ether oxygens (including phenoxy) is 1. The number of aliphatic imine (C=N–C) groups is 1. The van der Waals surface area contributed by atoms with Gasteiger partial charge < -0.3 is 15.8 Å². The van der Waals surface area contributed by atoms with Crippen LogP contribution in [-0.4, -0.2) is 32.1 Å². The Labute approximate surface area is 98.5 Å². The Balaban J connectivity index is 2.21. The molecule has 0 spiro atoms. The summed E-state index contributed by atoms with van der Waals surface area (Å²) in [6.45, 7) is -0.193. The molecule has 4 nitrogen and oxygen atoms in total. The first-order chi connectivity index (χ1) is 8.18. The standard InChI is InChI=1S/C11H15F2N3O/c12-10(13)8-17-7-6-15-11(14)16-9-4-2-1-3-5-9/h1-5,10H,6-8H2,(H3,14,15,16). The number of rotatable bonds is 6. The molecule has 0 saturated heterocycles. The Hall–Kier alpha value is -1.69. The van der Waals surface area contributed by atoms with Crippen LogP contribution >= 0.6 is 0 Å². The van der Waals surface area contributed by atoms with E-state index >= 15 is 0 Å². The highest BCUT2D eigenvalue weighted by Gasteiger charge is 2.00. The zero-order valence-corrected chi connectivity index (χ0v) is 9.27. The Morgan fingerprint density at radius 2 is 2.06 bits per heavy atom. The number of hydrogen-bond acceptors (Lipinski definition) is 2. The molecule has 0 aliphatic rings. The lowest BCUT2D eigenvalue weighted by atomic mass is 10.3. The van der Waals surface area contributed by atoms with Gasteiger partial charge in [-0.25, -0.2) is 8.78 Å². The van der Waals surface area contributed by atoms with Gasteiger partial charge in [-0.3, -0.25) is 4.99 Å². The predicted octanol–water partition coefficient (Wildman–Crippen LogP) is 1.69. The van der Waals surface area contributed by atoms with Gasteiger partial charge >= 0.3 is 0 Å². The van der Waals surface area contributed by atoms with Gasteiger partial charge in [0.25, 0.3) is 6.43 Å². The minimum atomic E-state index is -2.45. The Morgan fingerprint density at radius 1 is 1.35 bits per heavy atom. The molecule has 0 atom stereocenters. The van der Waals surface area contributed by atoms with Gasteiger partial charge in [0, 0.05) is 5.69 Å². The van der Waals surface area contributed by atoms with Crippen LogP contribution in [0.1, 0.15) is 0 Å². The first-order valence-corrected chi connectivity index (χ1v) is 5.16.